The number of hydrogen-bond acceptors (Lipinski definition) is 5. The highest BCUT2D eigenvalue weighted by Crippen LogP contribution is 2.24. The minimum Gasteiger partial charge on any atom is -0.359 e. The van der Waals surface area contributed by atoms with Gasteiger partial charge in [0.25, 0.3) is 0 Å². The van der Waals surface area contributed by atoms with Crippen molar-refractivity contribution in [3.63, 3.8) is 0 Å². The lowest BCUT2D eigenvalue weighted by molar-refractivity contribution is 0.668. The lowest BCUT2D eigenvalue weighted by atomic mass is 10.2. The Balaban J connectivity index is 2.15. The fraction of sp³-hybridized carbons (Fsp3) is 0.286. The van der Waals surface area contributed by atoms with Crippen LogP contribution in [0.1, 0.15) is 11.3 Å². The molecule has 0 radical (unpaired) electrons. The van der Waals surface area contributed by atoms with Crippen molar-refractivity contribution in [3.8, 4) is 0 Å². The third-order valence-corrected chi connectivity index (χ3v) is 3.65. The zero-order chi connectivity index (χ0) is 15.0. The quantitative estimate of drug-likeness (QED) is 0.743. The molecule has 0 aliphatic carbocycles. The molecule has 0 fully saturated rings. The molecule has 0 atom stereocenters. The summed E-state index contributed by atoms with van der Waals surface area (Å²) in [6.45, 7) is 2.42. The molecule has 108 valence electrons. The van der Waals surface area contributed by atoms with Crippen LogP contribution in [-0.2, 0) is 6.54 Å². The highest BCUT2D eigenvalue weighted by molar-refractivity contribution is 6.31. The lowest BCUT2D eigenvalue weighted by Gasteiger charge is -2.13. The number of benzene rings is 1. The summed E-state index contributed by atoms with van der Waals surface area (Å²) >= 11 is 6.23. The molecule has 0 bridgehead atoms. The monoisotopic (exact) mass is 302 g/mol. The zero-order valence-electron chi connectivity index (χ0n) is 12.1. The van der Waals surface area contributed by atoms with Crippen molar-refractivity contribution < 1.29 is 0 Å². The van der Waals surface area contributed by atoms with Crippen molar-refractivity contribution in [2.24, 2.45) is 0 Å². The summed E-state index contributed by atoms with van der Waals surface area (Å²) in [6.07, 6.45) is 0. The normalized spacial score (nSPS) is 11.0. The number of hydrogen-bond donors (Lipinski definition) is 0. The van der Waals surface area contributed by atoms with Crippen LogP contribution >= 0.6 is 11.6 Å². The molecule has 0 saturated heterocycles. The van der Waals surface area contributed by atoms with E-state index >= 15 is 0 Å². The second kappa shape index (κ2) is 5.29. The summed E-state index contributed by atoms with van der Waals surface area (Å²) in [7, 11) is 3.84. The summed E-state index contributed by atoms with van der Waals surface area (Å²) in [5.41, 5.74) is 3.39. The molecular weight excluding hydrogens is 288 g/mol. The maximum absolute atomic E-state index is 6.23. The Morgan fingerprint density at radius 1 is 1.14 bits per heavy atom. The van der Waals surface area contributed by atoms with Gasteiger partial charge in [-0.15, -0.1) is 10.2 Å². The van der Waals surface area contributed by atoms with Gasteiger partial charge in [0.05, 0.1) is 12.2 Å². The maximum atomic E-state index is 6.23. The van der Waals surface area contributed by atoms with Gasteiger partial charge >= 0.3 is 0 Å². The van der Waals surface area contributed by atoms with E-state index in [1.807, 2.05) is 54.9 Å². The number of fused-ring (bicyclic) bond motifs is 1. The van der Waals surface area contributed by atoms with Crippen molar-refractivity contribution in [1.29, 1.82) is 0 Å². The Morgan fingerprint density at radius 2 is 1.90 bits per heavy atom. The predicted octanol–water partition coefficient (Wildman–Crippen LogP) is 2.30. The van der Waals surface area contributed by atoms with E-state index in [0.717, 1.165) is 28.1 Å². The van der Waals surface area contributed by atoms with E-state index in [2.05, 4.69) is 20.5 Å². The molecule has 0 aliphatic heterocycles. The van der Waals surface area contributed by atoms with Crippen molar-refractivity contribution >= 4 is 28.5 Å². The highest BCUT2D eigenvalue weighted by Gasteiger charge is 2.16. The third kappa shape index (κ3) is 2.42. The standard InChI is InChI=1S/C14H15ClN6/c1-9-12-13(14(18-16-9)20(2)3)21(19-17-12)8-10-6-4-5-7-11(10)15/h4-7H,8H2,1-3H3. The molecule has 0 saturated carbocycles. The molecule has 7 heteroatoms. The smallest absolute Gasteiger partial charge is 0.178 e. The van der Waals surface area contributed by atoms with Gasteiger partial charge in [-0.3, -0.25) is 0 Å². The van der Waals surface area contributed by atoms with E-state index in [4.69, 9.17) is 11.6 Å². The minimum absolute atomic E-state index is 0.544. The highest BCUT2D eigenvalue weighted by atomic mass is 35.5. The molecule has 2 aromatic heterocycles. The van der Waals surface area contributed by atoms with Gasteiger partial charge < -0.3 is 4.90 Å². The summed E-state index contributed by atoms with van der Waals surface area (Å²) in [5, 5.41) is 17.6. The molecule has 0 amide bonds. The molecule has 0 unspecified atom stereocenters. The molecule has 0 N–H and O–H groups in total. The number of aryl methyl sites for hydroxylation is 1. The van der Waals surface area contributed by atoms with Gasteiger partial charge in [0.2, 0.25) is 0 Å². The van der Waals surface area contributed by atoms with E-state index in [1.165, 1.54) is 0 Å². The topological polar surface area (TPSA) is 59.7 Å². The summed E-state index contributed by atoms with van der Waals surface area (Å²) < 4.78 is 1.81. The van der Waals surface area contributed by atoms with Crippen LogP contribution in [0.5, 0.6) is 0 Å². The number of rotatable bonds is 3. The molecule has 3 aromatic rings. The van der Waals surface area contributed by atoms with Gasteiger partial charge in [-0.1, -0.05) is 35.0 Å². The molecule has 3 rings (SSSR count). The van der Waals surface area contributed by atoms with Gasteiger partial charge in [0, 0.05) is 19.1 Å². The molecule has 0 aliphatic rings. The second-order valence-corrected chi connectivity index (χ2v) is 5.45. The van der Waals surface area contributed by atoms with E-state index in [-0.39, 0.29) is 0 Å². The van der Waals surface area contributed by atoms with Crippen LogP contribution in [0, 0.1) is 6.92 Å². The second-order valence-electron chi connectivity index (χ2n) is 5.04. The first-order chi connectivity index (χ1) is 10.1. The van der Waals surface area contributed by atoms with Crippen LogP contribution in [0.2, 0.25) is 5.02 Å². The summed E-state index contributed by atoms with van der Waals surface area (Å²) in [4.78, 5) is 1.90. The van der Waals surface area contributed by atoms with E-state index in [0.29, 0.717) is 11.6 Å². The van der Waals surface area contributed by atoms with Crippen LogP contribution in [0.3, 0.4) is 0 Å². The number of anilines is 1. The fourth-order valence-electron chi connectivity index (χ4n) is 2.20. The first kappa shape index (κ1) is 13.8. The average Bonchev–Trinajstić information content (AvgIpc) is 2.86. The van der Waals surface area contributed by atoms with Gasteiger partial charge in [-0.05, 0) is 18.6 Å². The molecule has 6 nitrogen and oxygen atoms in total. The molecule has 1 aromatic carbocycles. The van der Waals surface area contributed by atoms with Crippen LogP contribution in [0.25, 0.3) is 11.0 Å². The third-order valence-electron chi connectivity index (χ3n) is 3.29. The maximum Gasteiger partial charge on any atom is 0.178 e. The van der Waals surface area contributed by atoms with Crippen LogP contribution in [0.15, 0.2) is 24.3 Å². The lowest BCUT2D eigenvalue weighted by Crippen LogP contribution is -2.14. The molecule has 2 heterocycles. The summed E-state index contributed by atoms with van der Waals surface area (Å²) in [6, 6.07) is 7.71. The van der Waals surface area contributed by atoms with Gasteiger partial charge in [-0.2, -0.15) is 5.10 Å². The van der Waals surface area contributed by atoms with Gasteiger partial charge in [-0.25, -0.2) is 4.68 Å². The number of halogens is 1. The Hall–Kier alpha value is -2.21. The summed E-state index contributed by atoms with van der Waals surface area (Å²) in [5.74, 6) is 0.743. The Morgan fingerprint density at radius 3 is 2.62 bits per heavy atom. The van der Waals surface area contributed by atoms with E-state index in [9.17, 15) is 0 Å². The largest absolute Gasteiger partial charge is 0.359 e. The van der Waals surface area contributed by atoms with Gasteiger partial charge in [0.1, 0.15) is 11.0 Å². The SMILES string of the molecule is Cc1nnc(N(C)C)c2c1nnn2Cc1ccccc1Cl. The first-order valence-electron chi connectivity index (χ1n) is 6.55. The molecular formula is C14H15ClN6. The van der Waals surface area contributed by atoms with E-state index < -0.39 is 0 Å². The zero-order valence-corrected chi connectivity index (χ0v) is 12.8. The van der Waals surface area contributed by atoms with Crippen molar-refractivity contribution in [2.75, 3.05) is 19.0 Å². The van der Waals surface area contributed by atoms with Crippen molar-refractivity contribution in [3.05, 3.63) is 40.5 Å². The molecule has 21 heavy (non-hydrogen) atoms. The Bertz CT molecular complexity index is 795. The van der Waals surface area contributed by atoms with Crippen molar-refractivity contribution in [1.82, 2.24) is 25.2 Å². The number of aromatic nitrogens is 5. The average molecular weight is 303 g/mol. The van der Waals surface area contributed by atoms with Crippen molar-refractivity contribution in [2.45, 2.75) is 13.5 Å². The Kier molecular flexibility index (Phi) is 3.47. The van der Waals surface area contributed by atoms with Crippen LogP contribution in [0.4, 0.5) is 5.82 Å². The fourth-order valence-corrected chi connectivity index (χ4v) is 2.39. The Labute approximate surface area is 127 Å². The molecule has 0 spiro atoms. The predicted molar refractivity (Wildman–Crippen MR) is 82.7 cm³/mol. The first-order valence-corrected chi connectivity index (χ1v) is 6.93. The van der Waals surface area contributed by atoms with Crippen LogP contribution < -0.4 is 4.90 Å². The van der Waals surface area contributed by atoms with Crippen LogP contribution in [-0.4, -0.2) is 39.3 Å². The van der Waals surface area contributed by atoms with E-state index in [1.54, 1.807) is 0 Å². The van der Waals surface area contributed by atoms with Gasteiger partial charge in [0.15, 0.2) is 5.82 Å². The minimum atomic E-state index is 0.544. The number of nitrogens with zero attached hydrogens (tertiary/aromatic N) is 6.